The first-order valence-electron chi connectivity index (χ1n) is 2.26. The van der Waals surface area contributed by atoms with Gasteiger partial charge in [-0.05, 0) is 18.6 Å². The number of ketones is 1. The molecule has 44 valence electrons. The molecule has 0 aromatic rings. The van der Waals surface area contributed by atoms with Crippen LogP contribution >= 0.6 is 0 Å². The summed E-state index contributed by atoms with van der Waals surface area (Å²) in [6, 6.07) is 0. The van der Waals surface area contributed by atoms with Gasteiger partial charge >= 0.3 is 0 Å². The van der Waals surface area contributed by atoms with E-state index in [-0.39, 0.29) is 11.3 Å². The van der Waals surface area contributed by atoms with Crippen LogP contribution in [0, 0.1) is 0 Å². The number of hydrogen-bond donors (Lipinski definition) is 0. The van der Waals surface area contributed by atoms with E-state index in [9.17, 15) is 4.79 Å². The highest BCUT2D eigenvalue weighted by atomic mass is 16.1. The van der Waals surface area contributed by atoms with Gasteiger partial charge in [0.2, 0.25) is 0 Å². The van der Waals surface area contributed by atoms with Crippen molar-refractivity contribution in [3.63, 3.8) is 0 Å². The van der Waals surface area contributed by atoms with E-state index < -0.39 is 0 Å². The highest BCUT2D eigenvalue weighted by Crippen LogP contribution is 1.93. The number of hydrogen-bond acceptors (Lipinski definition) is 1. The summed E-state index contributed by atoms with van der Waals surface area (Å²) >= 11 is 0. The van der Waals surface area contributed by atoms with Gasteiger partial charge in [-0.2, -0.15) is 0 Å². The van der Waals surface area contributed by atoms with Crippen molar-refractivity contribution in [2.45, 2.75) is 6.42 Å². The molecule has 0 amide bonds. The fourth-order valence-electron chi connectivity index (χ4n) is 0.503. The average Bonchev–Trinajstić information content (AvgIpc) is 1.69. The first-order valence-corrected chi connectivity index (χ1v) is 2.26. The Morgan fingerprint density at radius 3 is 2.00 bits per heavy atom. The molecular weight excluding hydrogens is 104 g/mol. The van der Waals surface area contributed by atoms with Crippen LogP contribution in [-0.4, -0.2) is 11.3 Å². The maximum atomic E-state index is 10.3. The smallest absolute Gasteiger partial charge is 0.178 e. The van der Waals surface area contributed by atoms with Gasteiger partial charge in [0, 0.05) is 0 Å². The molecule has 0 atom stereocenters. The molecule has 2 heteroatoms. The van der Waals surface area contributed by atoms with Crippen molar-refractivity contribution < 1.29 is 10.3 Å². The van der Waals surface area contributed by atoms with Crippen LogP contribution in [-0.2, 0) is 4.79 Å². The minimum Gasteiger partial charge on any atom is -0.412 e. The van der Waals surface area contributed by atoms with E-state index in [1.807, 2.05) is 12.2 Å². The lowest BCUT2D eigenvalue weighted by atomic mass is 10.2. The zero-order valence-electron chi connectivity index (χ0n) is 4.42. The minimum absolute atomic E-state index is 0. The topological polar surface area (TPSA) is 48.6 Å². The monoisotopic (exact) mass is 112 g/mol. The van der Waals surface area contributed by atoms with Crippen molar-refractivity contribution in [1.82, 2.24) is 0 Å². The van der Waals surface area contributed by atoms with Crippen molar-refractivity contribution >= 4 is 5.78 Å². The molecule has 0 saturated carbocycles. The van der Waals surface area contributed by atoms with Crippen LogP contribution in [0.25, 0.3) is 0 Å². The number of rotatable bonds is 0. The minimum atomic E-state index is 0. The van der Waals surface area contributed by atoms with Gasteiger partial charge in [0.25, 0.3) is 0 Å². The van der Waals surface area contributed by atoms with Gasteiger partial charge in [-0.25, -0.2) is 0 Å². The zero-order valence-corrected chi connectivity index (χ0v) is 4.42. The molecule has 1 rings (SSSR count). The largest absolute Gasteiger partial charge is 0.412 e. The van der Waals surface area contributed by atoms with Gasteiger partial charge in [-0.15, -0.1) is 0 Å². The average molecular weight is 112 g/mol. The van der Waals surface area contributed by atoms with E-state index in [4.69, 9.17) is 0 Å². The van der Waals surface area contributed by atoms with Crippen molar-refractivity contribution in [2.24, 2.45) is 0 Å². The van der Waals surface area contributed by atoms with Gasteiger partial charge in [0.15, 0.2) is 5.78 Å². The normalized spacial score (nSPS) is 15.8. The van der Waals surface area contributed by atoms with Crippen LogP contribution in [0.2, 0.25) is 0 Å². The molecule has 0 aliphatic heterocycles. The molecule has 2 N–H and O–H groups in total. The molecule has 0 saturated heterocycles. The van der Waals surface area contributed by atoms with Gasteiger partial charge < -0.3 is 5.48 Å². The van der Waals surface area contributed by atoms with E-state index in [2.05, 4.69) is 0 Å². The van der Waals surface area contributed by atoms with Crippen molar-refractivity contribution in [2.75, 3.05) is 0 Å². The summed E-state index contributed by atoms with van der Waals surface area (Å²) in [6.07, 6.45) is 7.77. The van der Waals surface area contributed by atoms with Gasteiger partial charge in [0.05, 0.1) is 0 Å². The summed E-state index contributed by atoms with van der Waals surface area (Å²) in [6.45, 7) is 0. The van der Waals surface area contributed by atoms with E-state index >= 15 is 0 Å². The standard InChI is InChI=1S/C6H6O.H2O/c7-6-4-2-1-3-5-6;/h2-5H,1H2;1H2. The summed E-state index contributed by atoms with van der Waals surface area (Å²) in [5, 5.41) is 0. The Kier molecular flexibility index (Phi) is 2.80. The highest BCUT2D eigenvalue weighted by molar-refractivity contribution is 5.99. The van der Waals surface area contributed by atoms with E-state index in [1.54, 1.807) is 12.2 Å². The fraction of sp³-hybridized carbons (Fsp3) is 0.167. The molecule has 2 nitrogen and oxygen atoms in total. The van der Waals surface area contributed by atoms with Crippen molar-refractivity contribution in [3.05, 3.63) is 24.3 Å². The summed E-state index contributed by atoms with van der Waals surface area (Å²) < 4.78 is 0. The third-order valence-electron chi connectivity index (χ3n) is 0.836. The Morgan fingerprint density at radius 1 is 1.25 bits per heavy atom. The first-order chi connectivity index (χ1) is 3.39. The highest BCUT2D eigenvalue weighted by Gasteiger charge is 1.89. The molecule has 8 heavy (non-hydrogen) atoms. The number of carbonyl (C=O) groups is 1. The number of carbonyl (C=O) groups excluding carboxylic acids is 1. The van der Waals surface area contributed by atoms with Crippen molar-refractivity contribution in [3.8, 4) is 0 Å². The second-order valence-corrected chi connectivity index (χ2v) is 1.44. The maximum Gasteiger partial charge on any atom is 0.178 e. The summed E-state index contributed by atoms with van der Waals surface area (Å²) in [5.74, 6) is 0.103. The molecule has 0 aromatic heterocycles. The predicted molar refractivity (Wildman–Crippen MR) is 31.5 cm³/mol. The molecule has 1 aliphatic rings. The predicted octanol–water partition coefficient (Wildman–Crippen LogP) is 0.247. The molecule has 0 heterocycles. The lowest BCUT2D eigenvalue weighted by Crippen LogP contribution is -1.87. The Morgan fingerprint density at radius 2 is 1.75 bits per heavy atom. The van der Waals surface area contributed by atoms with Crippen molar-refractivity contribution in [1.29, 1.82) is 0 Å². The molecule has 0 radical (unpaired) electrons. The van der Waals surface area contributed by atoms with Crippen LogP contribution in [0.3, 0.4) is 0 Å². The van der Waals surface area contributed by atoms with E-state index in [1.165, 1.54) is 0 Å². The third kappa shape index (κ3) is 1.71. The Bertz CT molecular complexity index is 119. The molecule has 0 fully saturated rings. The fourth-order valence-corrected chi connectivity index (χ4v) is 0.503. The second kappa shape index (κ2) is 3.16. The molecule has 1 aliphatic carbocycles. The lowest BCUT2D eigenvalue weighted by Gasteiger charge is -1.87. The summed E-state index contributed by atoms with van der Waals surface area (Å²) in [5.41, 5.74) is 0. The number of allylic oxidation sites excluding steroid dienone is 4. The zero-order chi connectivity index (χ0) is 5.11. The third-order valence-corrected chi connectivity index (χ3v) is 0.836. The molecule has 0 bridgehead atoms. The van der Waals surface area contributed by atoms with Gasteiger partial charge in [-0.3, -0.25) is 4.79 Å². The Hall–Kier alpha value is -0.890. The van der Waals surface area contributed by atoms with Gasteiger partial charge in [0.1, 0.15) is 0 Å². The second-order valence-electron chi connectivity index (χ2n) is 1.44. The molecule has 0 unspecified atom stereocenters. The summed E-state index contributed by atoms with van der Waals surface area (Å²) in [7, 11) is 0. The van der Waals surface area contributed by atoms with Crippen LogP contribution < -0.4 is 0 Å². The van der Waals surface area contributed by atoms with Crippen LogP contribution in [0.5, 0.6) is 0 Å². The van der Waals surface area contributed by atoms with Gasteiger partial charge in [-0.1, -0.05) is 12.2 Å². The Balaban J connectivity index is 0.000000490. The molecule has 0 spiro atoms. The SMILES string of the molecule is O.O=C1C=CCC=C1. The summed E-state index contributed by atoms with van der Waals surface area (Å²) in [4.78, 5) is 10.3. The van der Waals surface area contributed by atoms with Crippen LogP contribution in [0.1, 0.15) is 6.42 Å². The maximum absolute atomic E-state index is 10.3. The molecular formula is C6H8O2. The van der Waals surface area contributed by atoms with E-state index in [0.29, 0.717) is 0 Å². The quantitative estimate of drug-likeness (QED) is 0.443. The first kappa shape index (κ1) is 7.11. The van der Waals surface area contributed by atoms with Crippen LogP contribution in [0.4, 0.5) is 0 Å². The van der Waals surface area contributed by atoms with E-state index in [0.717, 1.165) is 6.42 Å². The molecule has 0 aromatic carbocycles. The lowest BCUT2D eigenvalue weighted by molar-refractivity contribution is -0.110. The van der Waals surface area contributed by atoms with Crippen LogP contribution in [0.15, 0.2) is 24.3 Å². The Labute approximate surface area is 47.8 Å².